The van der Waals surface area contributed by atoms with E-state index in [9.17, 15) is 9.59 Å². The van der Waals surface area contributed by atoms with Crippen LogP contribution in [-0.4, -0.2) is 43.1 Å². The molecule has 0 aromatic heterocycles. The van der Waals surface area contributed by atoms with E-state index in [2.05, 4.69) is 0 Å². The fourth-order valence-electron chi connectivity index (χ4n) is 3.08. The Bertz CT molecular complexity index is 557. The van der Waals surface area contributed by atoms with Gasteiger partial charge in [-0.3, -0.25) is 4.79 Å². The summed E-state index contributed by atoms with van der Waals surface area (Å²) in [6.07, 6.45) is 2.43. The standard InChI is InChI=1S/C17H23NO4/c1-17(16(20)22-3)11-6-12-18(17)15(19)10-9-13-7-4-5-8-14(13)21-2/h4-5,7-8H,6,9-12H2,1-3H3. The number of nitrogens with zero attached hydrogens (tertiary/aromatic N) is 1. The molecule has 1 heterocycles. The summed E-state index contributed by atoms with van der Waals surface area (Å²) in [6.45, 7) is 2.39. The molecule has 0 bridgehead atoms. The van der Waals surface area contributed by atoms with Crippen LogP contribution in [-0.2, 0) is 20.7 Å². The lowest BCUT2D eigenvalue weighted by Gasteiger charge is -2.32. The van der Waals surface area contributed by atoms with Gasteiger partial charge in [-0.2, -0.15) is 0 Å². The van der Waals surface area contributed by atoms with Crippen molar-refractivity contribution in [2.24, 2.45) is 0 Å². The zero-order valence-corrected chi connectivity index (χ0v) is 13.4. The second-order valence-electron chi connectivity index (χ2n) is 5.73. The Hall–Kier alpha value is -2.04. The van der Waals surface area contributed by atoms with Crippen LogP contribution in [0.3, 0.4) is 0 Å². The number of para-hydroxylation sites is 1. The Morgan fingerprint density at radius 1 is 1.27 bits per heavy atom. The maximum atomic E-state index is 12.5. The van der Waals surface area contributed by atoms with E-state index in [0.29, 0.717) is 25.8 Å². The molecular weight excluding hydrogens is 282 g/mol. The van der Waals surface area contributed by atoms with Gasteiger partial charge in [-0.1, -0.05) is 18.2 Å². The molecule has 1 aliphatic heterocycles. The van der Waals surface area contributed by atoms with E-state index in [0.717, 1.165) is 17.7 Å². The van der Waals surface area contributed by atoms with E-state index in [4.69, 9.17) is 9.47 Å². The average molecular weight is 305 g/mol. The van der Waals surface area contributed by atoms with Crippen molar-refractivity contribution < 1.29 is 19.1 Å². The van der Waals surface area contributed by atoms with Crippen LogP contribution in [0.1, 0.15) is 31.7 Å². The lowest BCUT2D eigenvalue weighted by Crippen LogP contribution is -2.51. The number of ether oxygens (including phenoxy) is 2. The molecule has 5 nitrogen and oxygen atoms in total. The first-order valence-corrected chi connectivity index (χ1v) is 7.53. The molecule has 1 unspecified atom stereocenters. The summed E-state index contributed by atoms with van der Waals surface area (Å²) >= 11 is 0. The monoisotopic (exact) mass is 305 g/mol. The van der Waals surface area contributed by atoms with E-state index < -0.39 is 5.54 Å². The molecule has 0 aliphatic carbocycles. The van der Waals surface area contributed by atoms with Crippen molar-refractivity contribution in [3.63, 3.8) is 0 Å². The third-order valence-corrected chi connectivity index (χ3v) is 4.37. The van der Waals surface area contributed by atoms with E-state index in [1.807, 2.05) is 24.3 Å². The number of aryl methyl sites for hydroxylation is 1. The fourth-order valence-corrected chi connectivity index (χ4v) is 3.08. The summed E-state index contributed by atoms with van der Waals surface area (Å²) in [5.41, 5.74) is 0.171. The van der Waals surface area contributed by atoms with Crippen molar-refractivity contribution in [2.75, 3.05) is 20.8 Å². The number of likely N-dealkylation sites (tertiary alicyclic amines) is 1. The maximum Gasteiger partial charge on any atom is 0.331 e. The first-order valence-electron chi connectivity index (χ1n) is 7.53. The van der Waals surface area contributed by atoms with Crippen molar-refractivity contribution in [2.45, 2.75) is 38.1 Å². The smallest absolute Gasteiger partial charge is 0.331 e. The van der Waals surface area contributed by atoms with E-state index >= 15 is 0 Å². The van der Waals surface area contributed by atoms with Gasteiger partial charge in [-0.05, 0) is 37.8 Å². The van der Waals surface area contributed by atoms with Gasteiger partial charge in [0.1, 0.15) is 11.3 Å². The quantitative estimate of drug-likeness (QED) is 0.782. The first-order chi connectivity index (χ1) is 10.5. The number of rotatable bonds is 5. The minimum absolute atomic E-state index is 0.0173. The van der Waals surface area contributed by atoms with Gasteiger partial charge in [0.25, 0.3) is 0 Å². The molecule has 1 saturated heterocycles. The third-order valence-electron chi connectivity index (χ3n) is 4.37. The van der Waals surface area contributed by atoms with Gasteiger partial charge in [-0.25, -0.2) is 4.79 Å². The molecule has 0 spiro atoms. The minimum atomic E-state index is -0.827. The Kier molecular flexibility index (Phi) is 5.06. The molecule has 1 fully saturated rings. The van der Waals surface area contributed by atoms with E-state index in [1.165, 1.54) is 7.11 Å². The maximum absolute atomic E-state index is 12.5. The van der Waals surface area contributed by atoms with Crippen LogP contribution >= 0.6 is 0 Å². The molecule has 2 rings (SSSR count). The van der Waals surface area contributed by atoms with Crippen molar-refractivity contribution >= 4 is 11.9 Å². The number of hydrogen-bond donors (Lipinski definition) is 0. The summed E-state index contributed by atoms with van der Waals surface area (Å²) in [5, 5.41) is 0. The van der Waals surface area contributed by atoms with Gasteiger partial charge < -0.3 is 14.4 Å². The lowest BCUT2D eigenvalue weighted by molar-refractivity contribution is -0.158. The highest BCUT2D eigenvalue weighted by atomic mass is 16.5. The Morgan fingerprint density at radius 2 is 2.00 bits per heavy atom. The van der Waals surface area contributed by atoms with Crippen LogP contribution in [0, 0.1) is 0 Å². The van der Waals surface area contributed by atoms with Gasteiger partial charge >= 0.3 is 5.97 Å². The van der Waals surface area contributed by atoms with Gasteiger partial charge in [-0.15, -0.1) is 0 Å². The first kappa shape index (κ1) is 16.3. The number of hydrogen-bond acceptors (Lipinski definition) is 4. The second-order valence-corrected chi connectivity index (χ2v) is 5.73. The normalized spacial score (nSPS) is 20.8. The molecule has 5 heteroatoms. The van der Waals surface area contributed by atoms with Gasteiger partial charge in [0.15, 0.2) is 0 Å². The molecule has 1 aliphatic rings. The minimum Gasteiger partial charge on any atom is -0.496 e. The van der Waals surface area contributed by atoms with Crippen molar-refractivity contribution in [3.05, 3.63) is 29.8 Å². The number of methoxy groups -OCH3 is 2. The van der Waals surface area contributed by atoms with Crippen LogP contribution in [0.4, 0.5) is 0 Å². The number of amides is 1. The second kappa shape index (κ2) is 6.81. The van der Waals surface area contributed by atoms with E-state index in [1.54, 1.807) is 18.9 Å². The SMILES string of the molecule is COC(=O)C1(C)CCCN1C(=O)CCc1ccccc1OC. The highest BCUT2D eigenvalue weighted by Crippen LogP contribution is 2.31. The van der Waals surface area contributed by atoms with Crippen LogP contribution < -0.4 is 4.74 Å². The average Bonchev–Trinajstić information content (AvgIpc) is 2.95. The van der Waals surface area contributed by atoms with Gasteiger partial charge in [0.05, 0.1) is 14.2 Å². The Labute approximate surface area is 131 Å². The highest BCUT2D eigenvalue weighted by Gasteiger charge is 2.46. The van der Waals surface area contributed by atoms with Crippen LogP contribution in [0.5, 0.6) is 5.75 Å². The Morgan fingerprint density at radius 3 is 2.68 bits per heavy atom. The summed E-state index contributed by atoms with van der Waals surface area (Å²) in [5.74, 6) is 0.430. The zero-order chi connectivity index (χ0) is 16.2. The number of benzene rings is 1. The van der Waals surface area contributed by atoms with Crippen LogP contribution in [0.15, 0.2) is 24.3 Å². The third kappa shape index (κ3) is 3.08. The molecule has 0 saturated carbocycles. The summed E-state index contributed by atoms with van der Waals surface area (Å²) in [4.78, 5) is 26.2. The Balaban J connectivity index is 2.04. The summed E-state index contributed by atoms with van der Waals surface area (Å²) in [7, 11) is 2.98. The number of carbonyl (C=O) groups excluding carboxylic acids is 2. The van der Waals surface area contributed by atoms with Crippen LogP contribution in [0.2, 0.25) is 0 Å². The predicted octanol–water partition coefficient (Wildman–Crippen LogP) is 2.18. The summed E-state index contributed by atoms with van der Waals surface area (Å²) in [6, 6.07) is 7.67. The van der Waals surface area contributed by atoms with Gasteiger partial charge in [0, 0.05) is 13.0 Å². The molecule has 22 heavy (non-hydrogen) atoms. The highest BCUT2D eigenvalue weighted by molar-refractivity contribution is 5.88. The topological polar surface area (TPSA) is 55.8 Å². The van der Waals surface area contributed by atoms with Crippen molar-refractivity contribution in [1.82, 2.24) is 4.90 Å². The predicted molar refractivity (Wildman–Crippen MR) is 82.7 cm³/mol. The molecule has 1 atom stereocenters. The van der Waals surface area contributed by atoms with Gasteiger partial charge in [0.2, 0.25) is 5.91 Å². The summed E-state index contributed by atoms with van der Waals surface area (Å²) < 4.78 is 10.2. The molecule has 0 N–H and O–H groups in total. The molecule has 1 aromatic carbocycles. The van der Waals surface area contributed by atoms with Crippen molar-refractivity contribution in [1.29, 1.82) is 0 Å². The number of carbonyl (C=O) groups is 2. The van der Waals surface area contributed by atoms with E-state index in [-0.39, 0.29) is 11.9 Å². The molecular formula is C17H23NO4. The molecule has 1 aromatic rings. The largest absolute Gasteiger partial charge is 0.496 e. The van der Waals surface area contributed by atoms with Crippen molar-refractivity contribution in [3.8, 4) is 5.75 Å². The zero-order valence-electron chi connectivity index (χ0n) is 13.4. The lowest BCUT2D eigenvalue weighted by atomic mass is 9.98. The van der Waals surface area contributed by atoms with Crippen LogP contribution in [0.25, 0.3) is 0 Å². The fraction of sp³-hybridized carbons (Fsp3) is 0.529. The molecule has 1 amide bonds. The molecule has 120 valence electrons. The number of esters is 1. The molecule has 0 radical (unpaired) electrons.